The second kappa shape index (κ2) is 16.1. The fraction of sp³-hybridized carbons (Fsp3) is 0.944. The van der Waals surface area contributed by atoms with Crippen LogP contribution >= 0.6 is 7.60 Å². The number of carbonyl (C=O) groups excluding carboxylic acids is 1. The largest absolute Gasteiger partial charge is 0.466 e. The van der Waals surface area contributed by atoms with Crippen molar-refractivity contribution in [3.8, 4) is 0 Å². The van der Waals surface area contributed by atoms with Crippen molar-refractivity contribution in [2.75, 3.05) is 26.0 Å². The lowest BCUT2D eigenvalue weighted by atomic mass is 10.1. The van der Waals surface area contributed by atoms with Gasteiger partial charge < -0.3 is 13.8 Å². The third-order valence-electron chi connectivity index (χ3n) is 3.74. The lowest BCUT2D eigenvalue weighted by Gasteiger charge is -2.17. The molecule has 0 heterocycles. The summed E-state index contributed by atoms with van der Waals surface area (Å²) in [7, 11) is -3.36. The number of hydrogen-bond acceptors (Lipinski definition) is 5. The highest BCUT2D eigenvalue weighted by Crippen LogP contribution is 2.48. The average molecular weight is 364 g/mol. The molecule has 1 unspecified atom stereocenters. The van der Waals surface area contributed by atoms with Crippen molar-refractivity contribution in [1.29, 1.82) is 0 Å². The number of esters is 1. The molecular weight excluding hydrogens is 327 g/mol. The van der Waals surface area contributed by atoms with E-state index in [0.717, 1.165) is 12.8 Å². The normalized spacial score (nSPS) is 13.6. The summed E-state index contributed by atoms with van der Waals surface area (Å²) in [6, 6.07) is 0. The van der Waals surface area contributed by atoms with Crippen LogP contribution in [0.15, 0.2) is 0 Å². The van der Waals surface area contributed by atoms with Crippen LogP contribution in [0.3, 0.4) is 0 Å². The first-order chi connectivity index (χ1) is 11.6. The van der Waals surface area contributed by atoms with E-state index >= 15 is 0 Å². The van der Waals surface area contributed by atoms with E-state index in [1.54, 1.807) is 13.8 Å². The predicted octanol–water partition coefficient (Wildman–Crippen LogP) is 5.72. The maximum atomic E-state index is 12.4. The molecule has 0 radical (unpaired) electrons. The summed E-state index contributed by atoms with van der Waals surface area (Å²) in [5.74, 6) is -0.530. The summed E-state index contributed by atoms with van der Waals surface area (Å²) in [6.45, 7) is 6.58. The van der Waals surface area contributed by atoms with Crippen molar-refractivity contribution in [3.05, 3.63) is 0 Å². The summed E-state index contributed by atoms with van der Waals surface area (Å²) in [6.07, 6.45) is 12.0. The number of rotatable bonds is 17. The van der Waals surface area contributed by atoms with Gasteiger partial charge in [-0.15, -0.1) is 0 Å². The van der Waals surface area contributed by atoms with Gasteiger partial charge in [-0.05, 0) is 20.3 Å². The Hall–Kier alpha value is -0.380. The highest BCUT2D eigenvalue weighted by Gasteiger charge is 2.28. The smallest absolute Gasteiger partial charge is 0.341 e. The first kappa shape index (κ1) is 23.6. The molecule has 0 spiro atoms. The zero-order valence-electron chi connectivity index (χ0n) is 15.9. The fourth-order valence-electron chi connectivity index (χ4n) is 2.48. The Morgan fingerprint density at radius 1 is 0.750 bits per heavy atom. The number of ether oxygens (including phenoxy) is 1. The van der Waals surface area contributed by atoms with Crippen molar-refractivity contribution in [2.24, 2.45) is 0 Å². The zero-order valence-corrected chi connectivity index (χ0v) is 16.8. The van der Waals surface area contributed by atoms with E-state index in [1.165, 1.54) is 51.4 Å². The van der Waals surface area contributed by atoms with E-state index in [2.05, 4.69) is 6.92 Å². The minimum Gasteiger partial charge on any atom is -0.466 e. The second-order valence-electron chi connectivity index (χ2n) is 6.01. The first-order valence-corrected chi connectivity index (χ1v) is 11.3. The van der Waals surface area contributed by atoms with E-state index in [1.807, 2.05) is 0 Å². The topological polar surface area (TPSA) is 61.8 Å². The van der Waals surface area contributed by atoms with Crippen LogP contribution in [0.1, 0.15) is 85.0 Å². The van der Waals surface area contributed by atoms with Crippen LogP contribution in [0.5, 0.6) is 0 Å². The molecule has 0 aromatic heterocycles. The molecule has 6 heteroatoms. The molecule has 0 rings (SSSR count). The molecule has 0 saturated heterocycles. The molecular formula is C18H37O5P. The van der Waals surface area contributed by atoms with E-state index in [9.17, 15) is 9.36 Å². The van der Waals surface area contributed by atoms with Crippen molar-refractivity contribution >= 4 is 13.6 Å². The minimum absolute atomic E-state index is 0.259. The van der Waals surface area contributed by atoms with Gasteiger partial charge in [0.1, 0.15) is 6.16 Å². The van der Waals surface area contributed by atoms with Gasteiger partial charge in [-0.25, -0.2) is 0 Å². The fourth-order valence-corrected chi connectivity index (χ4v) is 3.95. The van der Waals surface area contributed by atoms with Gasteiger partial charge in [0.05, 0.1) is 19.8 Å². The lowest BCUT2D eigenvalue weighted by molar-refractivity contribution is -0.140. The lowest BCUT2D eigenvalue weighted by Crippen LogP contribution is -2.13. The van der Waals surface area contributed by atoms with Crippen molar-refractivity contribution in [3.63, 3.8) is 0 Å². The van der Waals surface area contributed by atoms with Gasteiger partial charge in [-0.1, -0.05) is 64.7 Å². The van der Waals surface area contributed by atoms with Crippen molar-refractivity contribution in [2.45, 2.75) is 85.0 Å². The third kappa shape index (κ3) is 14.0. The molecule has 0 aliphatic heterocycles. The molecule has 0 bridgehead atoms. The first-order valence-electron chi connectivity index (χ1n) is 9.61. The number of unbranched alkanes of at least 4 members (excludes halogenated alkanes) is 9. The minimum atomic E-state index is -3.36. The Bertz CT molecular complexity index is 346. The molecule has 144 valence electrons. The Balaban J connectivity index is 3.70. The maximum absolute atomic E-state index is 12.4. The van der Waals surface area contributed by atoms with E-state index < -0.39 is 13.6 Å². The Morgan fingerprint density at radius 2 is 1.29 bits per heavy atom. The molecule has 0 aliphatic carbocycles. The Kier molecular flexibility index (Phi) is 15.9. The summed E-state index contributed by atoms with van der Waals surface area (Å²) in [4.78, 5) is 11.5. The molecule has 5 nitrogen and oxygen atoms in total. The second-order valence-corrected chi connectivity index (χ2v) is 8.06. The van der Waals surface area contributed by atoms with Crippen LogP contribution in [-0.4, -0.2) is 32.0 Å². The average Bonchev–Trinajstić information content (AvgIpc) is 2.53. The highest BCUT2D eigenvalue weighted by atomic mass is 31.2. The van der Waals surface area contributed by atoms with E-state index in [4.69, 9.17) is 13.8 Å². The molecule has 0 fully saturated rings. The van der Waals surface area contributed by atoms with Gasteiger partial charge >= 0.3 is 13.6 Å². The molecule has 0 aliphatic rings. The van der Waals surface area contributed by atoms with Crippen LogP contribution in [0, 0.1) is 0 Å². The molecule has 0 N–H and O–H groups in total. The molecule has 0 aromatic rings. The summed E-state index contributed by atoms with van der Waals surface area (Å²) >= 11 is 0. The van der Waals surface area contributed by atoms with Crippen molar-refractivity contribution in [1.82, 2.24) is 0 Å². The Labute approximate surface area is 148 Å². The Morgan fingerprint density at radius 3 is 1.79 bits per heavy atom. The van der Waals surface area contributed by atoms with Gasteiger partial charge in [0.15, 0.2) is 0 Å². The molecule has 0 saturated carbocycles. The summed E-state index contributed by atoms with van der Waals surface area (Å²) < 4.78 is 27.8. The van der Waals surface area contributed by atoms with Crippen LogP contribution in [0.2, 0.25) is 0 Å². The quantitative estimate of drug-likeness (QED) is 0.188. The van der Waals surface area contributed by atoms with Crippen LogP contribution < -0.4 is 0 Å². The van der Waals surface area contributed by atoms with Gasteiger partial charge in [0, 0.05) is 0 Å². The van der Waals surface area contributed by atoms with E-state index in [0.29, 0.717) is 6.61 Å². The van der Waals surface area contributed by atoms with Gasteiger partial charge in [0.25, 0.3) is 0 Å². The van der Waals surface area contributed by atoms with Crippen molar-refractivity contribution < 1.29 is 23.1 Å². The monoisotopic (exact) mass is 364 g/mol. The third-order valence-corrected chi connectivity index (χ3v) is 5.61. The summed E-state index contributed by atoms with van der Waals surface area (Å²) in [5, 5.41) is 0. The number of carbonyl (C=O) groups is 1. The standard InChI is InChI=1S/C18H37O5P/c1-4-7-8-9-10-11-12-13-14-15-16-23-24(20,22-6-3)17-18(19)21-5-2/h4-17H2,1-3H3. The SMILES string of the molecule is CCCCCCCCCCCCOP(=O)(CC(=O)OCC)OCC. The van der Waals surface area contributed by atoms with Crippen LogP contribution in [0.4, 0.5) is 0 Å². The van der Waals surface area contributed by atoms with E-state index in [-0.39, 0.29) is 19.4 Å². The van der Waals surface area contributed by atoms with Gasteiger partial charge in [0.2, 0.25) is 0 Å². The zero-order chi connectivity index (χ0) is 18.1. The number of hydrogen-bond donors (Lipinski definition) is 0. The molecule has 0 amide bonds. The maximum Gasteiger partial charge on any atom is 0.341 e. The highest BCUT2D eigenvalue weighted by molar-refractivity contribution is 7.54. The van der Waals surface area contributed by atoms with Crippen LogP contribution in [0.25, 0.3) is 0 Å². The molecule has 1 atom stereocenters. The van der Waals surface area contributed by atoms with Crippen LogP contribution in [-0.2, 0) is 23.1 Å². The van der Waals surface area contributed by atoms with Gasteiger partial charge in [-0.3, -0.25) is 9.36 Å². The molecule has 0 aromatic carbocycles. The predicted molar refractivity (Wildman–Crippen MR) is 98.5 cm³/mol. The molecule has 24 heavy (non-hydrogen) atoms. The summed E-state index contributed by atoms with van der Waals surface area (Å²) in [5.41, 5.74) is 0. The van der Waals surface area contributed by atoms with Gasteiger partial charge in [-0.2, -0.15) is 0 Å².